The van der Waals surface area contributed by atoms with Crippen LogP contribution in [0.4, 0.5) is 0 Å². The van der Waals surface area contributed by atoms with Crippen molar-refractivity contribution in [3.8, 4) is 0 Å². The maximum absolute atomic E-state index is 7.18. The second-order valence-electron chi connectivity index (χ2n) is 2.15. The van der Waals surface area contributed by atoms with Crippen molar-refractivity contribution in [1.29, 1.82) is 5.41 Å². The Kier molecular flexibility index (Phi) is 4.54. The third kappa shape index (κ3) is 4.06. The summed E-state index contributed by atoms with van der Waals surface area (Å²) in [6.45, 7) is 3.93. The van der Waals surface area contributed by atoms with Crippen molar-refractivity contribution in [3.63, 3.8) is 0 Å². The highest BCUT2D eigenvalue weighted by Crippen LogP contribution is 1.89. The molecule has 0 rings (SSSR count). The highest BCUT2D eigenvalue weighted by Gasteiger charge is 1.91. The fourth-order valence-corrected chi connectivity index (χ4v) is 0.564. The molecule has 0 aliphatic carbocycles. The molecule has 10 heavy (non-hydrogen) atoms. The van der Waals surface area contributed by atoms with E-state index in [2.05, 4.69) is 4.99 Å². The quantitative estimate of drug-likeness (QED) is 0.454. The molecule has 0 aromatic carbocycles. The van der Waals surface area contributed by atoms with Crippen LogP contribution in [0.3, 0.4) is 0 Å². The van der Waals surface area contributed by atoms with Gasteiger partial charge in [0.05, 0.1) is 0 Å². The molecule has 0 aliphatic rings. The topological polar surface area (TPSA) is 62.2 Å². The summed E-state index contributed by atoms with van der Waals surface area (Å²) in [4.78, 5) is 3.86. The molecule has 0 radical (unpaired) electrons. The van der Waals surface area contributed by atoms with Crippen molar-refractivity contribution in [2.24, 2.45) is 10.7 Å². The van der Waals surface area contributed by atoms with E-state index in [1.807, 2.05) is 13.8 Å². The third-order valence-corrected chi connectivity index (χ3v) is 1.12. The maximum Gasteiger partial charge on any atom is 0.122 e. The third-order valence-electron chi connectivity index (χ3n) is 1.12. The second kappa shape index (κ2) is 4.97. The smallest absolute Gasteiger partial charge is 0.122 e. The first-order valence-corrected chi connectivity index (χ1v) is 3.61. The Morgan fingerprint density at radius 3 is 2.50 bits per heavy atom. The molecule has 0 unspecified atom stereocenters. The summed E-state index contributed by atoms with van der Waals surface area (Å²) in [5.74, 6) is 0.945. The Labute approximate surface area is 61.8 Å². The van der Waals surface area contributed by atoms with Crippen LogP contribution in [0.1, 0.15) is 33.1 Å². The van der Waals surface area contributed by atoms with Crippen molar-refractivity contribution in [2.45, 2.75) is 33.1 Å². The van der Waals surface area contributed by atoms with Crippen molar-refractivity contribution in [3.05, 3.63) is 0 Å². The van der Waals surface area contributed by atoms with Crippen LogP contribution in [0.15, 0.2) is 4.99 Å². The molecular formula is C7H15N3. The zero-order valence-electron chi connectivity index (χ0n) is 6.65. The number of rotatable bonds is 3. The molecule has 0 atom stereocenters. The number of nitrogens with two attached hydrogens (primary N) is 1. The van der Waals surface area contributed by atoms with E-state index in [-0.39, 0.29) is 0 Å². The minimum absolute atomic E-state index is 0.367. The van der Waals surface area contributed by atoms with Crippen LogP contribution in [-0.4, -0.2) is 11.7 Å². The van der Waals surface area contributed by atoms with Gasteiger partial charge in [0.2, 0.25) is 0 Å². The molecule has 0 bridgehead atoms. The lowest BCUT2D eigenvalue weighted by atomic mass is 10.3. The summed E-state index contributed by atoms with van der Waals surface area (Å²) in [7, 11) is 0. The Morgan fingerprint density at radius 2 is 2.10 bits per heavy atom. The van der Waals surface area contributed by atoms with E-state index in [9.17, 15) is 0 Å². The summed E-state index contributed by atoms with van der Waals surface area (Å²) in [5, 5.41) is 7.18. The molecule has 0 aromatic heterocycles. The summed E-state index contributed by atoms with van der Waals surface area (Å²) in [6, 6.07) is 0. The van der Waals surface area contributed by atoms with Gasteiger partial charge >= 0.3 is 0 Å². The molecule has 0 fully saturated rings. The van der Waals surface area contributed by atoms with E-state index < -0.39 is 0 Å². The zero-order valence-corrected chi connectivity index (χ0v) is 6.65. The van der Waals surface area contributed by atoms with E-state index in [1.54, 1.807) is 0 Å². The normalized spacial score (nSPS) is 11.6. The van der Waals surface area contributed by atoms with Crippen LogP contribution in [0.5, 0.6) is 0 Å². The van der Waals surface area contributed by atoms with Crippen LogP contribution in [0.2, 0.25) is 0 Å². The van der Waals surface area contributed by atoms with Crippen molar-refractivity contribution >= 4 is 11.7 Å². The van der Waals surface area contributed by atoms with Crippen LogP contribution in [0.25, 0.3) is 0 Å². The molecule has 0 saturated carbocycles. The van der Waals surface area contributed by atoms with Gasteiger partial charge in [-0.25, -0.2) is 4.99 Å². The minimum Gasteiger partial charge on any atom is -0.387 e. The molecule has 0 spiro atoms. The Balaban J connectivity index is 3.77. The van der Waals surface area contributed by atoms with Gasteiger partial charge in [0.25, 0.3) is 0 Å². The van der Waals surface area contributed by atoms with Crippen molar-refractivity contribution in [1.82, 2.24) is 0 Å². The number of amidine groups is 2. The Hall–Kier alpha value is -0.860. The predicted molar refractivity (Wildman–Crippen MR) is 44.5 cm³/mol. The predicted octanol–water partition coefficient (Wildman–Crippen LogP) is 1.53. The lowest BCUT2D eigenvalue weighted by Gasteiger charge is -1.96. The average Bonchev–Trinajstić information content (AvgIpc) is 1.88. The fourth-order valence-electron chi connectivity index (χ4n) is 0.564. The van der Waals surface area contributed by atoms with E-state index in [0.29, 0.717) is 18.1 Å². The molecule has 3 nitrogen and oxygen atoms in total. The van der Waals surface area contributed by atoms with Gasteiger partial charge in [0, 0.05) is 12.8 Å². The maximum atomic E-state index is 7.18. The highest BCUT2D eigenvalue weighted by molar-refractivity contribution is 5.94. The summed E-state index contributed by atoms with van der Waals surface area (Å²) < 4.78 is 0. The first-order valence-electron chi connectivity index (χ1n) is 3.61. The molecular weight excluding hydrogens is 126 g/mol. The van der Waals surface area contributed by atoms with Gasteiger partial charge in [-0.3, -0.25) is 5.41 Å². The van der Waals surface area contributed by atoms with Gasteiger partial charge in [0.1, 0.15) is 11.7 Å². The standard InChI is InChI=1S/C7H15N3/c1-3-5-7(9)10-6(8)4-2/h3-5H2,1-2H3,(H3,8,9,10). The molecule has 58 valence electrons. The number of nitrogens with zero attached hydrogens (tertiary/aromatic N) is 1. The first-order chi connectivity index (χ1) is 4.70. The van der Waals surface area contributed by atoms with Gasteiger partial charge in [-0.05, 0) is 6.42 Å². The highest BCUT2D eigenvalue weighted by atomic mass is 14.9. The van der Waals surface area contributed by atoms with Crippen LogP contribution < -0.4 is 5.73 Å². The Morgan fingerprint density at radius 1 is 1.50 bits per heavy atom. The van der Waals surface area contributed by atoms with Crippen LogP contribution >= 0.6 is 0 Å². The first kappa shape index (κ1) is 9.14. The van der Waals surface area contributed by atoms with E-state index >= 15 is 0 Å². The van der Waals surface area contributed by atoms with Crippen molar-refractivity contribution in [2.75, 3.05) is 0 Å². The lowest BCUT2D eigenvalue weighted by Crippen LogP contribution is -2.12. The summed E-state index contributed by atoms with van der Waals surface area (Å²) in [5.41, 5.74) is 5.47. The Bertz CT molecular complexity index is 138. The molecule has 3 heteroatoms. The SMILES string of the molecule is CCCC(N)=NC(=N)CC. The van der Waals surface area contributed by atoms with Crippen LogP contribution in [-0.2, 0) is 0 Å². The van der Waals surface area contributed by atoms with E-state index in [4.69, 9.17) is 11.1 Å². The zero-order chi connectivity index (χ0) is 7.98. The molecule has 0 aromatic rings. The summed E-state index contributed by atoms with van der Waals surface area (Å²) >= 11 is 0. The molecule has 0 aliphatic heterocycles. The second-order valence-corrected chi connectivity index (χ2v) is 2.15. The molecule has 0 amide bonds. The number of nitrogens with one attached hydrogen (secondary N) is 1. The van der Waals surface area contributed by atoms with E-state index in [1.165, 1.54) is 0 Å². The molecule has 0 saturated heterocycles. The van der Waals surface area contributed by atoms with Crippen LogP contribution in [0, 0.1) is 5.41 Å². The number of hydrogen-bond acceptors (Lipinski definition) is 1. The van der Waals surface area contributed by atoms with Gasteiger partial charge in [-0.2, -0.15) is 0 Å². The average molecular weight is 141 g/mol. The van der Waals surface area contributed by atoms with Gasteiger partial charge in [0.15, 0.2) is 0 Å². The fraction of sp³-hybridized carbons (Fsp3) is 0.714. The van der Waals surface area contributed by atoms with Gasteiger partial charge in [-0.15, -0.1) is 0 Å². The molecule has 0 heterocycles. The van der Waals surface area contributed by atoms with E-state index in [0.717, 1.165) is 12.8 Å². The summed E-state index contributed by atoms with van der Waals surface area (Å²) in [6.07, 6.45) is 2.44. The minimum atomic E-state index is 0.367. The molecule has 3 N–H and O–H groups in total. The van der Waals surface area contributed by atoms with Gasteiger partial charge in [-0.1, -0.05) is 13.8 Å². The largest absolute Gasteiger partial charge is 0.387 e. The lowest BCUT2D eigenvalue weighted by molar-refractivity contribution is 0.982. The monoisotopic (exact) mass is 141 g/mol. The number of hydrogen-bond donors (Lipinski definition) is 2. The number of aliphatic imine (C=N–C) groups is 1. The van der Waals surface area contributed by atoms with Gasteiger partial charge < -0.3 is 5.73 Å². The van der Waals surface area contributed by atoms with Crippen molar-refractivity contribution < 1.29 is 0 Å².